The molecule has 2 nitrogen and oxygen atoms in total. The zero-order valence-electron chi connectivity index (χ0n) is 7.68. The molecule has 0 spiro atoms. The van der Waals surface area contributed by atoms with Crippen molar-refractivity contribution >= 4 is 5.84 Å². The van der Waals surface area contributed by atoms with Gasteiger partial charge in [-0.15, -0.1) is 0 Å². The van der Waals surface area contributed by atoms with Crippen LogP contribution in [0.15, 0.2) is 4.99 Å². The van der Waals surface area contributed by atoms with Crippen molar-refractivity contribution in [3.8, 4) is 0 Å². The van der Waals surface area contributed by atoms with Crippen LogP contribution in [0.1, 0.15) is 20.8 Å². The van der Waals surface area contributed by atoms with Gasteiger partial charge in [-0.3, -0.25) is 4.99 Å². The van der Waals surface area contributed by atoms with Crippen molar-refractivity contribution in [1.82, 2.24) is 4.90 Å². The molecule has 0 amide bonds. The van der Waals surface area contributed by atoms with Crippen LogP contribution in [0.3, 0.4) is 0 Å². The normalized spacial score (nSPS) is 12.4. The van der Waals surface area contributed by atoms with E-state index < -0.39 is 0 Å². The van der Waals surface area contributed by atoms with Gasteiger partial charge in [-0.25, -0.2) is 0 Å². The van der Waals surface area contributed by atoms with E-state index in [2.05, 4.69) is 37.7 Å². The number of amidine groups is 1. The van der Waals surface area contributed by atoms with E-state index in [0.717, 1.165) is 6.54 Å². The van der Waals surface area contributed by atoms with Crippen LogP contribution in [-0.4, -0.2) is 31.4 Å². The first-order chi connectivity index (χ1) is 4.63. The lowest BCUT2D eigenvalue weighted by Gasteiger charge is -2.21. The summed E-state index contributed by atoms with van der Waals surface area (Å²) >= 11 is 0. The van der Waals surface area contributed by atoms with Gasteiger partial charge in [-0.05, 0) is 6.92 Å². The molecule has 60 valence electrons. The molecule has 0 radical (unpaired) electrons. The number of hydrogen-bond acceptors (Lipinski definition) is 1. The fourth-order valence-electron chi connectivity index (χ4n) is 1.03. The van der Waals surface area contributed by atoms with Gasteiger partial charge in [0.1, 0.15) is 5.84 Å². The van der Waals surface area contributed by atoms with E-state index in [4.69, 9.17) is 0 Å². The molecule has 0 N–H and O–H groups in total. The molecule has 2 heteroatoms. The fourth-order valence-corrected chi connectivity index (χ4v) is 1.03. The fraction of sp³-hybridized carbons (Fsp3) is 0.875. The highest BCUT2D eigenvalue weighted by Crippen LogP contribution is 2.00. The SMILES string of the molecule is CCN(C)/C(=N\C)C(C)C. The van der Waals surface area contributed by atoms with Crippen molar-refractivity contribution in [2.75, 3.05) is 20.6 Å². The molecular weight excluding hydrogens is 124 g/mol. The molecule has 0 aliphatic heterocycles. The summed E-state index contributed by atoms with van der Waals surface area (Å²) < 4.78 is 0. The maximum Gasteiger partial charge on any atom is 0.101 e. The lowest BCUT2D eigenvalue weighted by Crippen LogP contribution is -2.30. The van der Waals surface area contributed by atoms with Gasteiger partial charge in [-0.1, -0.05) is 13.8 Å². The van der Waals surface area contributed by atoms with Crippen molar-refractivity contribution in [2.24, 2.45) is 10.9 Å². The molecule has 0 fully saturated rings. The largest absolute Gasteiger partial charge is 0.364 e. The van der Waals surface area contributed by atoms with Crippen LogP contribution in [0.2, 0.25) is 0 Å². The first-order valence-corrected chi connectivity index (χ1v) is 3.81. The Balaban J connectivity index is 4.08. The third-order valence-corrected chi connectivity index (χ3v) is 1.61. The van der Waals surface area contributed by atoms with Crippen LogP contribution >= 0.6 is 0 Å². The van der Waals surface area contributed by atoms with Crippen molar-refractivity contribution in [1.29, 1.82) is 0 Å². The summed E-state index contributed by atoms with van der Waals surface area (Å²) in [6.07, 6.45) is 0. The second-order valence-corrected chi connectivity index (χ2v) is 2.75. The molecule has 0 aromatic heterocycles. The first-order valence-electron chi connectivity index (χ1n) is 3.81. The molecular formula is C8H18N2. The summed E-state index contributed by atoms with van der Waals surface area (Å²) in [5, 5.41) is 0. The molecule has 0 rings (SSSR count). The van der Waals surface area contributed by atoms with Crippen LogP contribution in [0, 0.1) is 5.92 Å². The summed E-state index contributed by atoms with van der Waals surface area (Å²) in [5.74, 6) is 1.72. The maximum absolute atomic E-state index is 4.20. The quantitative estimate of drug-likeness (QED) is 0.422. The zero-order valence-corrected chi connectivity index (χ0v) is 7.68. The van der Waals surface area contributed by atoms with E-state index in [9.17, 15) is 0 Å². The van der Waals surface area contributed by atoms with E-state index in [0.29, 0.717) is 5.92 Å². The highest BCUT2D eigenvalue weighted by atomic mass is 15.2. The first kappa shape index (κ1) is 9.47. The van der Waals surface area contributed by atoms with Crippen molar-refractivity contribution in [3.63, 3.8) is 0 Å². The second kappa shape index (κ2) is 4.31. The van der Waals surface area contributed by atoms with E-state index >= 15 is 0 Å². The van der Waals surface area contributed by atoms with Gasteiger partial charge in [0.15, 0.2) is 0 Å². The Morgan fingerprint density at radius 2 is 2.00 bits per heavy atom. The molecule has 0 bridgehead atoms. The van der Waals surface area contributed by atoms with Gasteiger partial charge in [0, 0.05) is 26.6 Å². The minimum Gasteiger partial charge on any atom is -0.364 e. The lowest BCUT2D eigenvalue weighted by molar-refractivity contribution is 0.502. The van der Waals surface area contributed by atoms with Gasteiger partial charge in [0.2, 0.25) is 0 Å². The van der Waals surface area contributed by atoms with Gasteiger partial charge >= 0.3 is 0 Å². The van der Waals surface area contributed by atoms with Crippen LogP contribution < -0.4 is 0 Å². The van der Waals surface area contributed by atoms with E-state index in [1.807, 2.05) is 7.05 Å². The molecule has 0 saturated carbocycles. The molecule has 0 saturated heterocycles. The average Bonchev–Trinajstić information content (AvgIpc) is 1.88. The maximum atomic E-state index is 4.20. The number of hydrogen-bond donors (Lipinski definition) is 0. The highest BCUT2D eigenvalue weighted by molar-refractivity contribution is 5.83. The van der Waals surface area contributed by atoms with Crippen LogP contribution in [-0.2, 0) is 0 Å². The van der Waals surface area contributed by atoms with Crippen molar-refractivity contribution < 1.29 is 0 Å². The molecule has 0 aliphatic carbocycles. The average molecular weight is 142 g/mol. The van der Waals surface area contributed by atoms with Crippen LogP contribution in [0.4, 0.5) is 0 Å². The predicted molar refractivity (Wildman–Crippen MR) is 46.5 cm³/mol. The lowest BCUT2D eigenvalue weighted by atomic mass is 10.2. The van der Waals surface area contributed by atoms with Gasteiger partial charge in [-0.2, -0.15) is 0 Å². The van der Waals surface area contributed by atoms with Gasteiger partial charge in [0.05, 0.1) is 0 Å². The summed E-state index contributed by atoms with van der Waals surface area (Å²) in [7, 11) is 3.92. The third kappa shape index (κ3) is 2.38. The molecule has 0 atom stereocenters. The Kier molecular flexibility index (Phi) is 4.08. The molecule has 10 heavy (non-hydrogen) atoms. The summed E-state index contributed by atoms with van der Waals surface area (Å²) in [6, 6.07) is 0. The smallest absolute Gasteiger partial charge is 0.101 e. The molecule has 0 aromatic rings. The van der Waals surface area contributed by atoms with E-state index in [1.165, 1.54) is 5.84 Å². The topological polar surface area (TPSA) is 15.6 Å². The van der Waals surface area contributed by atoms with Crippen LogP contribution in [0.5, 0.6) is 0 Å². The second-order valence-electron chi connectivity index (χ2n) is 2.75. The summed E-state index contributed by atoms with van der Waals surface area (Å²) in [5.41, 5.74) is 0. The Morgan fingerprint density at radius 3 is 2.10 bits per heavy atom. The molecule has 0 unspecified atom stereocenters. The summed E-state index contributed by atoms with van der Waals surface area (Å²) in [6.45, 7) is 7.49. The Bertz CT molecular complexity index is 116. The standard InChI is InChI=1S/C8H18N2/c1-6-10(5)8(9-4)7(2)3/h7H,6H2,1-5H3/b9-8-. The molecule has 0 aliphatic rings. The minimum absolute atomic E-state index is 0.537. The minimum atomic E-state index is 0.537. The monoisotopic (exact) mass is 142 g/mol. The van der Waals surface area contributed by atoms with Crippen molar-refractivity contribution in [2.45, 2.75) is 20.8 Å². The predicted octanol–water partition coefficient (Wildman–Crippen LogP) is 1.62. The zero-order chi connectivity index (χ0) is 8.15. The summed E-state index contributed by atoms with van der Waals surface area (Å²) in [4.78, 5) is 6.37. The number of aliphatic imine (C=N–C) groups is 1. The van der Waals surface area contributed by atoms with Crippen LogP contribution in [0.25, 0.3) is 0 Å². The number of rotatable bonds is 2. The van der Waals surface area contributed by atoms with E-state index in [-0.39, 0.29) is 0 Å². The van der Waals surface area contributed by atoms with Gasteiger partial charge < -0.3 is 4.90 Å². The highest BCUT2D eigenvalue weighted by Gasteiger charge is 2.06. The molecule has 0 aromatic carbocycles. The Morgan fingerprint density at radius 1 is 1.50 bits per heavy atom. The Hall–Kier alpha value is -0.530. The Labute approximate surface area is 63.9 Å². The van der Waals surface area contributed by atoms with E-state index in [1.54, 1.807) is 0 Å². The number of nitrogens with zero attached hydrogens (tertiary/aromatic N) is 2. The molecule has 0 heterocycles. The van der Waals surface area contributed by atoms with Crippen molar-refractivity contribution in [3.05, 3.63) is 0 Å². The van der Waals surface area contributed by atoms with Gasteiger partial charge in [0.25, 0.3) is 0 Å². The third-order valence-electron chi connectivity index (χ3n) is 1.61.